The summed E-state index contributed by atoms with van der Waals surface area (Å²) in [5, 5.41) is 9.88. The van der Waals surface area contributed by atoms with E-state index in [1.165, 1.54) is 6.42 Å². The van der Waals surface area contributed by atoms with Crippen molar-refractivity contribution in [1.29, 1.82) is 0 Å². The van der Waals surface area contributed by atoms with Crippen molar-refractivity contribution in [3.63, 3.8) is 0 Å². The van der Waals surface area contributed by atoms with Gasteiger partial charge in [0.25, 0.3) is 0 Å². The van der Waals surface area contributed by atoms with E-state index in [0.717, 1.165) is 23.2 Å². The summed E-state index contributed by atoms with van der Waals surface area (Å²) in [5.41, 5.74) is 1.49. The van der Waals surface area contributed by atoms with Crippen LogP contribution in [0.1, 0.15) is 31.0 Å². The largest absolute Gasteiger partial charge is 0.353 e. The number of rotatable bonds is 3. The van der Waals surface area contributed by atoms with Gasteiger partial charge in [-0.25, -0.2) is 4.98 Å². The number of nitrogens with one attached hydrogen (secondary N) is 2. The minimum absolute atomic E-state index is 0. The molecule has 1 aliphatic carbocycles. The van der Waals surface area contributed by atoms with Crippen molar-refractivity contribution >= 4 is 41.3 Å². The molecule has 0 saturated heterocycles. The zero-order valence-electron chi connectivity index (χ0n) is 11.3. The smallest absolute Gasteiger partial charge is 0.191 e. The monoisotopic (exact) mass is 380 g/mol. The molecule has 1 aliphatic rings. The lowest BCUT2D eigenvalue weighted by molar-refractivity contribution is 0.589. The number of guanidine groups is 1. The van der Waals surface area contributed by atoms with Gasteiger partial charge in [-0.1, -0.05) is 13.8 Å². The first kappa shape index (κ1) is 15.7. The topological polar surface area (TPSA) is 49.3 Å². The molecule has 1 unspecified atom stereocenters. The Morgan fingerprint density at radius 1 is 1.61 bits per heavy atom. The number of nitrogens with zero attached hydrogens (tertiary/aromatic N) is 2. The van der Waals surface area contributed by atoms with Gasteiger partial charge >= 0.3 is 0 Å². The van der Waals surface area contributed by atoms with Crippen LogP contribution in [-0.2, 0) is 6.54 Å². The van der Waals surface area contributed by atoms with E-state index in [-0.39, 0.29) is 24.0 Å². The van der Waals surface area contributed by atoms with Crippen LogP contribution in [0, 0.1) is 12.3 Å². The van der Waals surface area contributed by atoms with E-state index in [1.54, 1.807) is 18.4 Å². The average molecular weight is 380 g/mol. The summed E-state index contributed by atoms with van der Waals surface area (Å²) in [6, 6.07) is 0.548. The minimum Gasteiger partial charge on any atom is -0.353 e. The Hall–Kier alpha value is -0.370. The lowest BCUT2D eigenvalue weighted by atomic mass is 10.2. The second-order valence-electron chi connectivity index (χ2n) is 5.20. The van der Waals surface area contributed by atoms with Gasteiger partial charge in [-0.2, -0.15) is 0 Å². The normalized spacial score (nSPS) is 21.1. The van der Waals surface area contributed by atoms with Gasteiger partial charge in [0.2, 0.25) is 0 Å². The van der Waals surface area contributed by atoms with Crippen LogP contribution in [0.4, 0.5) is 0 Å². The van der Waals surface area contributed by atoms with Crippen LogP contribution in [-0.4, -0.2) is 24.0 Å². The molecule has 1 atom stereocenters. The maximum absolute atomic E-state index is 4.41. The summed E-state index contributed by atoms with van der Waals surface area (Å²) in [5.74, 6) is 0.869. The molecule has 1 saturated carbocycles. The zero-order valence-corrected chi connectivity index (χ0v) is 14.4. The van der Waals surface area contributed by atoms with Gasteiger partial charge in [0.1, 0.15) is 5.01 Å². The summed E-state index contributed by atoms with van der Waals surface area (Å²) >= 11 is 1.68. The van der Waals surface area contributed by atoms with Crippen molar-refractivity contribution in [1.82, 2.24) is 15.6 Å². The van der Waals surface area contributed by atoms with Crippen molar-refractivity contribution in [2.24, 2.45) is 10.4 Å². The highest BCUT2D eigenvalue weighted by Crippen LogP contribution is 2.44. The van der Waals surface area contributed by atoms with Crippen LogP contribution in [0.2, 0.25) is 0 Å². The van der Waals surface area contributed by atoms with Crippen LogP contribution >= 0.6 is 35.3 Å². The first-order chi connectivity index (χ1) is 8.01. The highest BCUT2D eigenvalue weighted by atomic mass is 127. The number of aromatic nitrogens is 1. The molecular weight excluding hydrogens is 359 g/mol. The number of thiazole rings is 1. The summed E-state index contributed by atoms with van der Waals surface area (Å²) in [6.45, 7) is 7.29. The fourth-order valence-corrected chi connectivity index (χ4v) is 2.43. The molecule has 18 heavy (non-hydrogen) atoms. The van der Waals surface area contributed by atoms with Crippen LogP contribution < -0.4 is 10.6 Å². The Morgan fingerprint density at radius 2 is 2.28 bits per heavy atom. The van der Waals surface area contributed by atoms with E-state index >= 15 is 0 Å². The van der Waals surface area contributed by atoms with Crippen molar-refractivity contribution < 1.29 is 0 Å². The van der Waals surface area contributed by atoms with Gasteiger partial charge in [-0.3, -0.25) is 4.99 Å². The zero-order chi connectivity index (χ0) is 12.5. The molecule has 6 heteroatoms. The number of hydrogen-bond donors (Lipinski definition) is 2. The average Bonchev–Trinajstić information content (AvgIpc) is 2.68. The van der Waals surface area contributed by atoms with E-state index in [2.05, 4.69) is 39.8 Å². The van der Waals surface area contributed by atoms with Gasteiger partial charge < -0.3 is 10.6 Å². The lowest BCUT2D eigenvalue weighted by Gasteiger charge is -2.12. The lowest BCUT2D eigenvalue weighted by Crippen LogP contribution is -2.39. The van der Waals surface area contributed by atoms with Gasteiger partial charge in [0.15, 0.2) is 5.96 Å². The quantitative estimate of drug-likeness (QED) is 0.481. The number of hydrogen-bond acceptors (Lipinski definition) is 3. The molecule has 0 aliphatic heterocycles. The fraction of sp³-hybridized carbons (Fsp3) is 0.667. The standard InChI is InChI=1S/C12H20N4S.HI/c1-8-7-17-10(15-8)6-14-11(13-4)16-9-5-12(9,2)3;/h7,9H,5-6H2,1-4H3,(H2,13,14,16);1H. The van der Waals surface area contributed by atoms with Crippen LogP contribution in [0.5, 0.6) is 0 Å². The highest BCUT2D eigenvalue weighted by Gasteiger charge is 2.46. The van der Waals surface area contributed by atoms with Crippen LogP contribution in [0.3, 0.4) is 0 Å². The Labute approximate surface area is 130 Å². The van der Waals surface area contributed by atoms with E-state index in [0.29, 0.717) is 11.5 Å². The van der Waals surface area contributed by atoms with E-state index in [1.807, 2.05) is 6.92 Å². The van der Waals surface area contributed by atoms with Crippen molar-refractivity contribution in [3.8, 4) is 0 Å². The molecule has 0 bridgehead atoms. The van der Waals surface area contributed by atoms with Gasteiger partial charge in [-0.15, -0.1) is 35.3 Å². The number of halogens is 1. The van der Waals surface area contributed by atoms with Crippen LogP contribution in [0.15, 0.2) is 10.4 Å². The van der Waals surface area contributed by atoms with Crippen molar-refractivity contribution in [3.05, 3.63) is 16.1 Å². The molecule has 0 radical (unpaired) electrons. The second-order valence-corrected chi connectivity index (χ2v) is 6.14. The van der Waals surface area contributed by atoms with E-state index in [4.69, 9.17) is 0 Å². The molecule has 1 fully saturated rings. The molecule has 0 aromatic carbocycles. The molecule has 1 aromatic rings. The minimum atomic E-state index is 0. The fourth-order valence-electron chi connectivity index (χ4n) is 1.72. The number of aliphatic imine (C=N–C) groups is 1. The number of aryl methyl sites for hydroxylation is 1. The molecule has 0 amide bonds. The SMILES string of the molecule is CN=C(NCc1nc(C)cs1)NC1CC1(C)C.I. The molecular formula is C12H21IN4S. The van der Waals surface area contributed by atoms with Gasteiger partial charge in [0.05, 0.1) is 6.54 Å². The molecule has 2 N–H and O–H groups in total. The maximum Gasteiger partial charge on any atom is 0.191 e. The van der Waals surface area contributed by atoms with Crippen molar-refractivity contribution in [2.75, 3.05) is 7.05 Å². The third kappa shape index (κ3) is 4.08. The van der Waals surface area contributed by atoms with Gasteiger partial charge in [0, 0.05) is 24.2 Å². The Balaban J connectivity index is 0.00000162. The molecule has 2 rings (SSSR count). The highest BCUT2D eigenvalue weighted by molar-refractivity contribution is 14.0. The molecule has 1 aromatic heterocycles. The first-order valence-electron chi connectivity index (χ1n) is 5.89. The summed E-state index contributed by atoms with van der Waals surface area (Å²) in [4.78, 5) is 8.64. The molecule has 1 heterocycles. The molecule has 0 spiro atoms. The van der Waals surface area contributed by atoms with E-state index in [9.17, 15) is 0 Å². The van der Waals surface area contributed by atoms with Crippen LogP contribution in [0.25, 0.3) is 0 Å². The second kappa shape index (κ2) is 6.18. The Bertz CT molecular complexity index is 427. The van der Waals surface area contributed by atoms with E-state index < -0.39 is 0 Å². The van der Waals surface area contributed by atoms with Crippen molar-refractivity contribution in [2.45, 2.75) is 39.8 Å². The predicted octanol–water partition coefficient (Wildman–Crippen LogP) is 2.53. The summed E-state index contributed by atoms with van der Waals surface area (Å²) < 4.78 is 0. The summed E-state index contributed by atoms with van der Waals surface area (Å²) in [6.07, 6.45) is 1.21. The molecule has 102 valence electrons. The Morgan fingerprint density at radius 3 is 2.72 bits per heavy atom. The third-order valence-corrected chi connectivity index (χ3v) is 4.09. The predicted molar refractivity (Wildman–Crippen MR) is 87.8 cm³/mol. The Kier molecular flexibility index (Phi) is 5.39. The maximum atomic E-state index is 4.41. The molecule has 4 nitrogen and oxygen atoms in total. The third-order valence-electron chi connectivity index (χ3n) is 3.12. The summed E-state index contributed by atoms with van der Waals surface area (Å²) in [7, 11) is 1.80. The first-order valence-corrected chi connectivity index (χ1v) is 6.77. The van der Waals surface area contributed by atoms with Gasteiger partial charge in [-0.05, 0) is 18.8 Å².